The van der Waals surface area contributed by atoms with Gasteiger partial charge in [0.05, 0.1) is 0 Å². The second kappa shape index (κ2) is 8.27. The Morgan fingerprint density at radius 2 is 2.00 bits per heavy atom. The van der Waals surface area contributed by atoms with Crippen molar-refractivity contribution in [1.82, 2.24) is 10.2 Å². The first-order valence-electron chi connectivity index (χ1n) is 10.5. The fourth-order valence-electron chi connectivity index (χ4n) is 4.53. The Hall–Kier alpha value is -1.46. The maximum Gasteiger partial charge on any atom is 0.222 e. The Morgan fingerprint density at radius 3 is 2.74 bits per heavy atom. The summed E-state index contributed by atoms with van der Waals surface area (Å²) in [6.07, 6.45) is 6.92. The Balaban J connectivity index is 1.39. The van der Waals surface area contributed by atoms with Crippen molar-refractivity contribution >= 4 is 5.91 Å². The smallest absolute Gasteiger partial charge is 0.222 e. The zero-order valence-corrected chi connectivity index (χ0v) is 16.1. The second-order valence-electron chi connectivity index (χ2n) is 8.59. The van der Waals surface area contributed by atoms with Crippen LogP contribution in [-0.4, -0.2) is 49.7 Å². The number of likely N-dealkylation sites (tertiary alicyclic amines) is 1. The molecule has 1 amide bonds. The summed E-state index contributed by atoms with van der Waals surface area (Å²) >= 11 is 0. The van der Waals surface area contributed by atoms with Crippen molar-refractivity contribution in [3.05, 3.63) is 35.6 Å². The van der Waals surface area contributed by atoms with Crippen molar-refractivity contribution in [2.75, 3.05) is 32.8 Å². The number of hydrogen-bond acceptors (Lipinski definition) is 3. The Kier molecular flexibility index (Phi) is 5.79. The maximum atomic E-state index is 13.8. The van der Waals surface area contributed by atoms with E-state index in [0.717, 1.165) is 70.0 Å². The maximum absolute atomic E-state index is 13.8. The lowest BCUT2D eigenvalue weighted by Gasteiger charge is -2.39. The molecule has 3 aliphatic rings. The molecule has 1 N–H and O–H groups in total. The zero-order chi connectivity index (χ0) is 18.7. The first kappa shape index (κ1) is 18.9. The molecule has 4 nitrogen and oxygen atoms in total. The third-order valence-electron chi connectivity index (χ3n) is 6.60. The number of carbonyl (C=O) groups is 1. The minimum atomic E-state index is -0.172. The molecule has 1 aliphatic carbocycles. The molecule has 0 bridgehead atoms. The summed E-state index contributed by atoms with van der Waals surface area (Å²) in [4.78, 5) is 14.5. The van der Waals surface area contributed by atoms with Crippen molar-refractivity contribution in [3.63, 3.8) is 0 Å². The van der Waals surface area contributed by atoms with E-state index in [1.807, 2.05) is 12.1 Å². The number of rotatable bonds is 6. The van der Waals surface area contributed by atoms with Gasteiger partial charge in [-0.2, -0.15) is 0 Å². The molecule has 0 spiro atoms. The van der Waals surface area contributed by atoms with Crippen molar-refractivity contribution in [2.45, 2.75) is 56.4 Å². The van der Waals surface area contributed by atoms with Gasteiger partial charge in [-0.3, -0.25) is 4.79 Å². The molecule has 0 radical (unpaired) electrons. The lowest BCUT2D eigenvalue weighted by Crippen LogP contribution is -2.46. The largest absolute Gasteiger partial charge is 0.381 e. The summed E-state index contributed by atoms with van der Waals surface area (Å²) in [6.45, 7) is 4.08. The van der Waals surface area contributed by atoms with E-state index >= 15 is 0 Å². The number of halogens is 1. The summed E-state index contributed by atoms with van der Waals surface area (Å²) in [5, 5.41) is 3.74. The summed E-state index contributed by atoms with van der Waals surface area (Å²) in [5.41, 5.74) is 0.989. The summed E-state index contributed by atoms with van der Waals surface area (Å²) in [6, 6.07) is 7.40. The van der Waals surface area contributed by atoms with Crippen LogP contribution in [0.15, 0.2) is 24.3 Å². The van der Waals surface area contributed by atoms with Crippen LogP contribution in [0.2, 0.25) is 0 Å². The van der Waals surface area contributed by atoms with Gasteiger partial charge in [-0.05, 0) is 62.1 Å². The first-order valence-corrected chi connectivity index (χ1v) is 10.5. The second-order valence-corrected chi connectivity index (χ2v) is 8.59. The van der Waals surface area contributed by atoms with Crippen LogP contribution in [0.5, 0.6) is 0 Å². The third kappa shape index (κ3) is 4.69. The monoisotopic (exact) mass is 374 g/mol. The predicted molar refractivity (Wildman–Crippen MR) is 103 cm³/mol. The third-order valence-corrected chi connectivity index (χ3v) is 6.60. The van der Waals surface area contributed by atoms with Gasteiger partial charge in [0.15, 0.2) is 0 Å². The van der Waals surface area contributed by atoms with Crippen molar-refractivity contribution in [3.8, 4) is 0 Å². The molecular formula is C22H31FN2O2. The molecule has 27 heavy (non-hydrogen) atoms. The van der Waals surface area contributed by atoms with E-state index in [2.05, 4.69) is 10.2 Å². The highest BCUT2D eigenvalue weighted by molar-refractivity contribution is 5.76. The van der Waals surface area contributed by atoms with Gasteiger partial charge in [0.1, 0.15) is 5.82 Å². The quantitative estimate of drug-likeness (QED) is 0.831. The first-order chi connectivity index (χ1) is 13.1. The van der Waals surface area contributed by atoms with E-state index in [4.69, 9.17) is 4.74 Å². The Morgan fingerprint density at radius 1 is 1.19 bits per heavy atom. The molecule has 1 saturated carbocycles. The van der Waals surface area contributed by atoms with Gasteiger partial charge in [-0.1, -0.05) is 12.1 Å². The average Bonchev–Trinajstić information content (AvgIpc) is 3.52. The van der Waals surface area contributed by atoms with Gasteiger partial charge in [0, 0.05) is 50.7 Å². The molecule has 2 heterocycles. The molecule has 0 aromatic heterocycles. The van der Waals surface area contributed by atoms with E-state index in [1.54, 1.807) is 6.07 Å². The van der Waals surface area contributed by atoms with E-state index < -0.39 is 0 Å². The lowest BCUT2D eigenvalue weighted by molar-refractivity contribution is -0.130. The van der Waals surface area contributed by atoms with E-state index in [-0.39, 0.29) is 11.2 Å². The fourth-order valence-corrected chi connectivity index (χ4v) is 4.53. The molecule has 0 unspecified atom stereocenters. The number of carbonyl (C=O) groups excluding carboxylic acids is 1. The van der Waals surface area contributed by atoms with E-state index in [9.17, 15) is 9.18 Å². The molecule has 2 saturated heterocycles. The Bertz CT molecular complexity index is 655. The normalized spacial score (nSPS) is 26.0. The highest BCUT2D eigenvalue weighted by atomic mass is 19.1. The van der Waals surface area contributed by atoms with Crippen LogP contribution in [0.25, 0.3) is 0 Å². The van der Waals surface area contributed by atoms with E-state index in [0.29, 0.717) is 18.4 Å². The SMILES string of the molecule is O=C1CC[C@@H](NCC2(c3cccc(F)c3)CCOCC2)CCN1CC1CC1. The number of amides is 1. The molecule has 4 rings (SSSR count). The van der Waals surface area contributed by atoms with Gasteiger partial charge < -0.3 is 15.0 Å². The summed E-state index contributed by atoms with van der Waals surface area (Å²) in [7, 11) is 0. The molecule has 5 heteroatoms. The minimum absolute atomic E-state index is 0.0790. The fraction of sp³-hybridized carbons (Fsp3) is 0.682. The van der Waals surface area contributed by atoms with Crippen LogP contribution in [0, 0.1) is 11.7 Å². The van der Waals surface area contributed by atoms with Crippen LogP contribution in [0.3, 0.4) is 0 Å². The number of ether oxygens (including phenoxy) is 1. The standard InChI is InChI=1S/C22H31FN2O2/c23-19-3-1-2-18(14-19)22(9-12-27-13-10-22)16-24-20-6-7-21(26)25(11-8-20)15-17-4-5-17/h1-3,14,17,20,24H,4-13,15-16H2/t20-/m1/s1. The van der Waals surface area contributed by atoms with Crippen LogP contribution in [0.4, 0.5) is 4.39 Å². The molecule has 2 aliphatic heterocycles. The molecule has 1 aromatic carbocycles. The number of nitrogens with one attached hydrogen (secondary N) is 1. The van der Waals surface area contributed by atoms with Crippen LogP contribution in [0.1, 0.15) is 50.5 Å². The van der Waals surface area contributed by atoms with Gasteiger partial charge in [-0.15, -0.1) is 0 Å². The van der Waals surface area contributed by atoms with Crippen molar-refractivity contribution < 1.29 is 13.9 Å². The predicted octanol–water partition coefficient (Wildman–Crippen LogP) is 3.25. The zero-order valence-electron chi connectivity index (χ0n) is 16.1. The van der Waals surface area contributed by atoms with Gasteiger partial charge in [0.2, 0.25) is 5.91 Å². The summed E-state index contributed by atoms with van der Waals surface area (Å²) in [5.74, 6) is 0.892. The highest BCUT2D eigenvalue weighted by Gasteiger charge is 2.36. The lowest BCUT2D eigenvalue weighted by atomic mass is 9.74. The Labute approximate surface area is 161 Å². The molecule has 3 fully saturated rings. The number of benzene rings is 1. The van der Waals surface area contributed by atoms with Crippen molar-refractivity contribution in [1.29, 1.82) is 0 Å². The topological polar surface area (TPSA) is 41.6 Å². The number of hydrogen-bond donors (Lipinski definition) is 1. The molecule has 1 atom stereocenters. The summed E-state index contributed by atoms with van der Waals surface area (Å²) < 4.78 is 19.4. The average molecular weight is 375 g/mol. The van der Waals surface area contributed by atoms with Crippen LogP contribution >= 0.6 is 0 Å². The van der Waals surface area contributed by atoms with Gasteiger partial charge in [-0.25, -0.2) is 4.39 Å². The highest BCUT2D eigenvalue weighted by Crippen LogP contribution is 2.35. The van der Waals surface area contributed by atoms with Gasteiger partial charge in [0.25, 0.3) is 0 Å². The molecular weight excluding hydrogens is 343 g/mol. The van der Waals surface area contributed by atoms with Crippen molar-refractivity contribution in [2.24, 2.45) is 5.92 Å². The molecule has 148 valence electrons. The number of nitrogens with zero attached hydrogens (tertiary/aromatic N) is 1. The van der Waals surface area contributed by atoms with Gasteiger partial charge >= 0.3 is 0 Å². The van der Waals surface area contributed by atoms with Crippen LogP contribution in [-0.2, 0) is 14.9 Å². The van der Waals surface area contributed by atoms with Crippen LogP contribution < -0.4 is 5.32 Å². The molecule has 1 aromatic rings. The van der Waals surface area contributed by atoms with E-state index in [1.165, 1.54) is 18.9 Å². The minimum Gasteiger partial charge on any atom is -0.381 e.